The van der Waals surface area contributed by atoms with Gasteiger partial charge in [-0.2, -0.15) is 4.31 Å². The van der Waals surface area contributed by atoms with Crippen LogP contribution in [0.4, 0.5) is 5.69 Å². The molecule has 180 valence electrons. The zero-order valence-electron chi connectivity index (χ0n) is 19.7. The summed E-state index contributed by atoms with van der Waals surface area (Å²) < 4.78 is 29.6. The highest BCUT2D eigenvalue weighted by Gasteiger charge is 2.27. The molecular formula is C25H30N4O4S. The van der Waals surface area contributed by atoms with E-state index in [2.05, 4.69) is 5.32 Å². The van der Waals surface area contributed by atoms with E-state index in [1.807, 2.05) is 24.6 Å². The highest BCUT2D eigenvalue weighted by Crippen LogP contribution is 2.30. The molecule has 3 N–H and O–H groups in total. The van der Waals surface area contributed by atoms with Crippen molar-refractivity contribution in [3.8, 4) is 0 Å². The van der Waals surface area contributed by atoms with E-state index in [1.165, 1.54) is 0 Å². The first kappa shape index (κ1) is 24.0. The average Bonchev–Trinajstić information content (AvgIpc) is 3.16. The molecule has 2 aromatic carbocycles. The van der Waals surface area contributed by atoms with Crippen LogP contribution in [0.25, 0.3) is 10.9 Å². The molecule has 0 bridgehead atoms. The summed E-state index contributed by atoms with van der Waals surface area (Å²) in [6, 6.07) is 9.44. The quantitative estimate of drug-likeness (QED) is 0.557. The van der Waals surface area contributed by atoms with Crippen molar-refractivity contribution in [1.29, 1.82) is 0 Å². The van der Waals surface area contributed by atoms with Crippen LogP contribution < -0.4 is 11.1 Å². The maximum Gasteiger partial charge on any atom is 0.248 e. The third kappa shape index (κ3) is 4.45. The van der Waals surface area contributed by atoms with Gasteiger partial charge >= 0.3 is 0 Å². The number of sulfonamides is 1. The Bertz CT molecular complexity index is 1370. The van der Waals surface area contributed by atoms with Crippen LogP contribution in [-0.4, -0.2) is 42.2 Å². The normalized spacial score (nSPS) is 15.9. The molecule has 4 rings (SSSR count). The first-order chi connectivity index (χ1) is 16.1. The number of aromatic nitrogens is 1. The smallest absolute Gasteiger partial charge is 0.248 e. The van der Waals surface area contributed by atoms with Gasteiger partial charge in [-0.25, -0.2) is 8.42 Å². The first-order valence-electron chi connectivity index (χ1n) is 11.4. The standard InChI is InChI=1S/C25H30N4O4S/c1-16-7-8-19(24(26)30)13-22(16)27-25(31)18(3)29-15-17(2)21-14-20(9-10-23(21)29)34(32,33)28-11-5-4-6-12-28/h7-10,13-15,18H,4-6,11-12H2,1-3H3,(H2,26,30)(H,27,31). The van der Waals surface area contributed by atoms with Crippen molar-refractivity contribution >= 4 is 38.4 Å². The van der Waals surface area contributed by atoms with E-state index in [9.17, 15) is 18.0 Å². The number of nitrogens with two attached hydrogens (primary N) is 1. The first-order valence-corrected chi connectivity index (χ1v) is 12.9. The molecule has 1 aromatic heterocycles. The third-order valence-electron chi connectivity index (χ3n) is 6.53. The van der Waals surface area contributed by atoms with Crippen molar-refractivity contribution in [3.05, 3.63) is 59.3 Å². The molecule has 1 aliphatic heterocycles. The lowest BCUT2D eigenvalue weighted by Gasteiger charge is -2.26. The minimum atomic E-state index is -3.55. The molecule has 3 aromatic rings. The Labute approximate surface area is 199 Å². The summed E-state index contributed by atoms with van der Waals surface area (Å²) in [7, 11) is -3.55. The Morgan fingerprint density at radius 3 is 2.38 bits per heavy atom. The molecule has 8 nitrogen and oxygen atoms in total. The lowest BCUT2D eigenvalue weighted by Crippen LogP contribution is -2.35. The fourth-order valence-corrected chi connectivity index (χ4v) is 5.96. The maximum atomic E-state index is 13.1. The fourth-order valence-electron chi connectivity index (χ4n) is 4.41. The van der Waals surface area contributed by atoms with E-state index >= 15 is 0 Å². The fraction of sp³-hybridized carbons (Fsp3) is 0.360. The van der Waals surface area contributed by atoms with Crippen molar-refractivity contribution < 1.29 is 18.0 Å². The van der Waals surface area contributed by atoms with Gasteiger partial charge in [0, 0.05) is 41.4 Å². The van der Waals surface area contributed by atoms with Crippen molar-refractivity contribution in [2.24, 2.45) is 5.73 Å². The molecule has 1 fully saturated rings. The van der Waals surface area contributed by atoms with Crippen molar-refractivity contribution in [1.82, 2.24) is 8.87 Å². The second-order valence-corrected chi connectivity index (χ2v) is 10.9. The predicted octanol–water partition coefficient (Wildman–Crippen LogP) is 3.73. The van der Waals surface area contributed by atoms with Crippen LogP contribution in [0.3, 0.4) is 0 Å². The number of aryl methyl sites for hydroxylation is 2. The van der Waals surface area contributed by atoms with E-state index in [0.29, 0.717) is 24.3 Å². The SMILES string of the molecule is Cc1ccc(C(N)=O)cc1NC(=O)C(C)n1cc(C)c2cc(S(=O)(=O)N3CCCCC3)ccc21. The molecule has 1 aliphatic rings. The van der Waals surface area contributed by atoms with Crippen molar-refractivity contribution in [2.45, 2.75) is 51.0 Å². The second-order valence-electron chi connectivity index (χ2n) is 8.92. The third-order valence-corrected chi connectivity index (χ3v) is 8.43. The number of anilines is 1. The molecule has 34 heavy (non-hydrogen) atoms. The Kier molecular flexibility index (Phi) is 6.51. The molecule has 0 aliphatic carbocycles. The van der Waals surface area contributed by atoms with Crippen molar-refractivity contribution in [2.75, 3.05) is 18.4 Å². The molecule has 1 saturated heterocycles. The lowest BCUT2D eigenvalue weighted by molar-refractivity contribution is -0.118. The summed E-state index contributed by atoms with van der Waals surface area (Å²) in [6.45, 7) is 6.62. The number of amides is 2. The van der Waals surface area contributed by atoms with Crippen LogP contribution in [-0.2, 0) is 14.8 Å². The van der Waals surface area contributed by atoms with E-state index in [4.69, 9.17) is 5.73 Å². The van der Waals surface area contributed by atoms with Crippen LogP contribution in [0.2, 0.25) is 0 Å². The summed E-state index contributed by atoms with van der Waals surface area (Å²) >= 11 is 0. The number of primary amides is 1. The molecule has 1 atom stereocenters. The van der Waals surface area contributed by atoms with Crippen LogP contribution in [0.5, 0.6) is 0 Å². The minimum Gasteiger partial charge on any atom is -0.366 e. The number of carbonyl (C=O) groups excluding carboxylic acids is 2. The minimum absolute atomic E-state index is 0.258. The monoisotopic (exact) mass is 482 g/mol. The van der Waals surface area contributed by atoms with Crippen LogP contribution in [0.15, 0.2) is 47.5 Å². The Balaban J connectivity index is 1.63. The van der Waals surface area contributed by atoms with Crippen molar-refractivity contribution in [3.63, 3.8) is 0 Å². The number of rotatable bonds is 6. The average molecular weight is 483 g/mol. The van der Waals surface area contributed by atoms with Crippen LogP contribution in [0.1, 0.15) is 53.7 Å². The molecule has 9 heteroatoms. The number of piperidine rings is 1. The predicted molar refractivity (Wildman–Crippen MR) is 132 cm³/mol. The summed E-state index contributed by atoms with van der Waals surface area (Å²) in [6.07, 6.45) is 4.68. The number of hydrogen-bond acceptors (Lipinski definition) is 4. The Morgan fingerprint density at radius 1 is 1.00 bits per heavy atom. The van der Waals surface area contributed by atoms with E-state index in [-0.39, 0.29) is 10.8 Å². The molecular weight excluding hydrogens is 452 g/mol. The number of fused-ring (bicyclic) bond motifs is 1. The number of carbonyl (C=O) groups is 2. The van der Waals surface area contributed by atoms with Gasteiger partial charge in [0.15, 0.2) is 0 Å². The molecule has 0 saturated carbocycles. The Morgan fingerprint density at radius 2 is 1.71 bits per heavy atom. The molecule has 2 amide bonds. The van der Waals surface area contributed by atoms with Gasteiger partial charge in [0.25, 0.3) is 0 Å². The summed E-state index contributed by atoms with van der Waals surface area (Å²) in [5, 5.41) is 3.68. The highest BCUT2D eigenvalue weighted by atomic mass is 32.2. The topological polar surface area (TPSA) is 114 Å². The largest absolute Gasteiger partial charge is 0.366 e. The number of nitrogens with one attached hydrogen (secondary N) is 1. The number of hydrogen-bond donors (Lipinski definition) is 2. The van der Waals surface area contributed by atoms with Gasteiger partial charge in [-0.1, -0.05) is 12.5 Å². The van der Waals surface area contributed by atoms with Gasteiger partial charge in [0.05, 0.1) is 4.90 Å². The second kappa shape index (κ2) is 9.23. The van der Waals surface area contributed by atoms with E-state index in [0.717, 1.165) is 41.3 Å². The maximum absolute atomic E-state index is 13.1. The van der Waals surface area contributed by atoms with Gasteiger partial charge in [-0.3, -0.25) is 9.59 Å². The molecule has 0 radical (unpaired) electrons. The van der Waals surface area contributed by atoms with Gasteiger partial charge < -0.3 is 15.6 Å². The zero-order valence-corrected chi connectivity index (χ0v) is 20.5. The summed E-state index contributed by atoms with van der Waals surface area (Å²) in [5.41, 5.74) is 8.69. The zero-order chi connectivity index (χ0) is 24.6. The van der Waals surface area contributed by atoms with Crippen LogP contribution in [0, 0.1) is 13.8 Å². The molecule has 2 heterocycles. The summed E-state index contributed by atoms with van der Waals surface area (Å²) in [5.74, 6) is -0.822. The molecule has 1 unspecified atom stereocenters. The number of benzene rings is 2. The van der Waals surface area contributed by atoms with Crippen LogP contribution >= 0.6 is 0 Å². The van der Waals surface area contributed by atoms with Gasteiger partial charge in [0.2, 0.25) is 21.8 Å². The molecule has 0 spiro atoms. The highest BCUT2D eigenvalue weighted by molar-refractivity contribution is 7.89. The lowest BCUT2D eigenvalue weighted by atomic mass is 10.1. The van der Waals surface area contributed by atoms with E-state index < -0.39 is 22.0 Å². The summed E-state index contributed by atoms with van der Waals surface area (Å²) in [4.78, 5) is 24.9. The van der Waals surface area contributed by atoms with Gasteiger partial charge in [0.1, 0.15) is 6.04 Å². The number of nitrogens with zero attached hydrogens (tertiary/aromatic N) is 2. The van der Waals surface area contributed by atoms with Gasteiger partial charge in [-0.15, -0.1) is 0 Å². The van der Waals surface area contributed by atoms with E-state index in [1.54, 1.807) is 47.6 Å². The van der Waals surface area contributed by atoms with Gasteiger partial charge in [-0.05, 0) is 75.1 Å². The Hall–Kier alpha value is -3.17.